The van der Waals surface area contributed by atoms with Gasteiger partial charge in [0.25, 0.3) is 0 Å². The van der Waals surface area contributed by atoms with Crippen molar-refractivity contribution < 1.29 is 8.42 Å². The molecule has 0 amide bonds. The fourth-order valence-electron chi connectivity index (χ4n) is 2.57. The highest BCUT2D eigenvalue weighted by Gasteiger charge is 2.36. The van der Waals surface area contributed by atoms with Gasteiger partial charge in [0.2, 0.25) is 0 Å². The normalized spacial score (nSPS) is 16.6. The van der Waals surface area contributed by atoms with Crippen molar-refractivity contribution in [2.45, 2.75) is 18.7 Å². The van der Waals surface area contributed by atoms with Gasteiger partial charge in [-0.25, -0.2) is 18.1 Å². The van der Waals surface area contributed by atoms with E-state index in [0.29, 0.717) is 24.7 Å². The Morgan fingerprint density at radius 2 is 2.14 bits per heavy atom. The smallest absolute Gasteiger partial charge is 0.155 e. The second kappa shape index (κ2) is 5.98. The van der Waals surface area contributed by atoms with E-state index in [1.165, 1.54) is 6.33 Å². The number of aromatic nitrogens is 3. The molecule has 0 spiro atoms. The minimum atomic E-state index is -2.94. The van der Waals surface area contributed by atoms with E-state index >= 15 is 0 Å². The maximum atomic E-state index is 11.8. The summed E-state index contributed by atoms with van der Waals surface area (Å²) in [4.78, 5) is 6.07. The molecule has 1 aliphatic rings. The molecule has 22 heavy (non-hydrogen) atoms. The van der Waals surface area contributed by atoms with Gasteiger partial charge in [0.15, 0.2) is 9.84 Å². The van der Waals surface area contributed by atoms with Gasteiger partial charge in [0.1, 0.15) is 12.7 Å². The summed E-state index contributed by atoms with van der Waals surface area (Å²) < 4.78 is 25.3. The molecule has 0 bridgehead atoms. The van der Waals surface area contributed by atoms with Crippen LogP contribution in [0.3, 0.4) is 0 Å². The quantitative estimate of drug-likeness (QED) is 0.826. The molecule has 2 aromatic rings. The number of benzene rings is 1. The van der Waals surface area contributed by atoms with Crippen molar-refractivity contribution in [3.63, 3.8) is 0 Å². The number of rotatable bonds is 5. The molecule has 1 saturated heterocycles. The number of nitrogens with zero attached hydrogens (tertiary/aromatic N) is 4. The SMILES string of the molecule is CCS(=O)(=O)C1CN(Cc2ccc(Cl)cc2-n2cncn2)C1. The molecular weight excluding hydrogens is 324 g/mol. The van der Waals surface area contributed by atoms with Crippen molar-refractivity contribution >= 4 is 21.4 Å². The third-order valence-electron chi connectivity index (χ3n) is 3.94. The van der Waals surface area contributed by atoms with Gasteiger partial charge in [-0.2, -0.15) is 5.10 Å². The Bertz CT molecular complexity index is 755. The number of hydrogen-bond donors (Lipinski definition) is 0. The minimum absolute atomic E-state index is 0.205. The Morgan fingerprint density at radius 3 is 2.77 bits per heavy atom. The highest BCUT2D eigenvalue weighted by atomic mass is 35.5. The standard InChI is InChI=1S/C14H17ClN4O2S/c1-2-22(20,21)13-7-18(8-13)6-11-3-4-12(15)5-14(11)19-10-16-9-17-19/h3-5,9-10,13H,2,6-8H2,1H3. The van der Waals surface area contributed by atoms with Crippen molar-refractivity contribution in [2.24, 2.45) is 0 Å². The molecule has 0 N–H and O–H groups in total. The van der Waals surface area contributed by atoms with Gasteiger partial charge in [-0.05, 0) is 17.7 Å². The van der Waals surface area contributed by atoms with Crippen molar-refractivity contribution in [2.75, 3.05) is 18.8 Å². The first-order valence-electron chi connectivity index (χ1n) is 7.07. The van der Waals surface area contributed by atoms with E-state index in [2.05, 4.69) is 15.0 Å². The first-order valence-corrected chi connectivity index (χ1v) is 9.16. The van der Waals surface area contributed by atoms with Crippen LogP contribution in [0.2, 0.25) is 5.02 Å². The Balaban J connectivity index is 1.75. The van der Waals surface area contributed by atoms with Crippen LogP contribution in [-0.2, 0) is 16.4 Å². The maximum Gasteiger partial charge on any atom is 0.155 e. The van der Waals surface area contributed by atoms with E-state index in [1.807, 2.05) is 18.2 Å². The zero-order valence-electron chi connectivity index (χ0n) is 12.2. The second-order valence-electron chi connectivity index (χ2n) is 5.38. The second-order valence-corrected chi connectivity index (χ2v) is 8.39. The third-order valence-corrected chi connectivity index (χ3v) is 6.29. The number of likely N-dealkylation sites (tertiary alicyclic amines) is 1. The van der Waals surface area contributed by atoms with Gasteiger partial charge in [-0.1, -0.05) is 24.6 Å². The van der Waals surface area contributed by atoms with Crippen LogP contribution in [-0.4, -0.2) is 52.2 Å². The molecule has 3 rings (SSSR count). The molecule has 1 aliphatic heterocycles. The van der Waals surface area contributed by atoms with Crippen LogP contribution >= 0.6 is 11.6 Å². The highest BCUT2D eigenvalue weighted by molar-refractivity contribution is 7.92. The molecule has 0 atom stereocenters. The van der Waals surface area contributed by atoms with E-state index in [0.717, 1.165) is 11.3 Å². The van der Waals surface area contributed by atoms with Crippen molar-refractivity contribution in [3.8, 4) is 5.69 Å². The lowest BCUT2D eigenvalue weighted by atomic mass is 10.1. The topological polar surface area (TPSA) is 68.1 Å². The summed E-state index contributed by atoms with van der Waals surface area (Å²) in [6.07, 6.45) is 3.09. The summed E-state index contributed by atoms with van der Waals surface area (Å²) in [5.74, 6) is 0.205. The Labute approximate surface area is 134 Å². The highest BCUT2D eigenvalue weighted by Crippen LogP contribution is 2.24. The maximum absolute atomic E-state index is 11.8. The molecule has 0 unspecified atom stereocenters. The van der Waals surface area contributed by atoms with Crippen molar-refractivity contribution in [1.29, 1.82) is 0 Å². The van der Waals surface area contributed by atoms with Gasteiger partial charge in [-0.15, -0.1) is 0 Å². The summed E-state index contributed by atoms with van der Waals surface area (Å²) in [6, 6.07) is 5.62. The molecule has 1 fully saturated rings. The summed E-state index contributed by atoms with van der Waals surface area (Å²) in [5, 5.41) is 4.53. The van der Waals surface area contributed by atoms with Crippen LogP contribution in [0.25, 0.3) is 5.69 Å². The molecule has 0 saturated carbocycles. The van der Waals surface area contributed by atoms with Crippen LogP contribution < -0.4 is 0 Å². The lowest BCUT2D eigenvalue weighted by Crippen LogP contribution is -2.54. The van der Waals surface area contributed by atoms with Crippen molar-refractivity contribution in [3.05, 3.63) is 41.4 Å². The molecular formula is C14H17ClN4O2S. The molecule has 6 nitrogen and oxygen atoms in total. The van der Waals surface area contributed by atoms with Gasteiger partial charge in [0, 0.05) is 30.4 Å². The molecule has 2 heterocycles. The summed E-state index contributed by atoms with van der Waals surface area (Å²) in [6.45, 7) is 3.52. The summed E-state index contributed by atoms with van der Waals surface area (Å²) >= 11 is 6.07. The average molecular weight is 341 g/mol. The van der Waals surface area contributed by atoms with Crippen LogP contribution in [0.4, 0.5) is 0 Å². The van der Waals surface area contributed by atoms with E-state index < -0.39 is 9.84 Å². The minimum Gasteiger partial charge on any atom is -0.296 e. The van der Waals surface area contributed by atoms with Gasteiger partial charge in [-0.3, -0.25) is 4.90 Å². The molecule has 8 heteroatoms. The molecule has 1 aromatic heterocycles. The lowest BCUT2D eigenvalue weighted by Gasteiger charge is -2.38. The van der Waals surface area contributed by atoms with Gasteiger partial charge >= 0.3 is 0 Å². The van der Waals surface area contributed by atoms with Gasteiger partial charge < -0.3 is 0 Å². The van der Waals surface area contributed by atoms with E-state index in [9.17, 15) is 8.42 Å². The van der Waals surface area contributed by atoms with E-state index in [1.54, 1.807) is 17.9 Å². The van der Waals surface area contributed by atoms with Crippen molar-refractivity contribution in [1.82, 2.24) is 19.7 Å². The predicted molar refractivity (Wildman–Crippen MR) is 84.9 cm³/mol. The molecule has 0 aliphatic carbocycles. The number of sulfone groups is 1. The summed E-state index contributed by atoms with van der Waals surface area (Å²) in [7, 11) is -2.94. The largest absolute Gasteiger partial charge is 0.296 e. The predicted octanol–water partition coefficient (Wildman–Crippen LogP) is 1.54. The van der Waals surface area contributed by atoms with E-state index in [-0.39, 0.29) is 11.0 Å². The lowest BCUT2D eigenvalue weighted by molar-refractivity contribution is 0.176. The van der Waals surface area contributed by atoms with Crippen LogP contribution in [0.15, 0.2) is 30.9 Å². The fourth-order valence-corrected chi connectivity index (χ4v) is 4.09. The first-order chi connectivity index (χ1) is 10.5. The Morgan fingerprint density at radius 1 is 1.36 bits per heavy atom. The number of halogens is 1. The zero-order chi connectivity index (χ0) is 15.7. The molecule has 1 aromatic carbocycles. The van der Waals surface area contributed by atoms with E-state index in [4.69, 9.17) is 11.6 Å². The molecule has 118 valence electrons. The average Bonchev–Trinajstić information content (AvgIpc) is 2.97. The van der Waals surface area contributed by atoms with Crippen LogP contribution in [0.5, 0.6) is 0 Å². The Kier molecular flexibility index (Phi) is 4.20. The van der Waals surface area contributed by atoms with Gasteiger partial charge in [0.05, 0.1) is 10.9 Å². The zero-order valence-corrected chi connectivity index (χ0v) is 13.8. The molecule has 0 radical (unpaired) electrons. The Hall–Kier alpha value is -1.44. The number of hydrogen-bond acceptors (Lipinski definition) is 5. The fraction of sp³-hybridized carbons (Fsp3) is 0.429. The third kappa shape index (κ3) is 3.02. The first kappa shape index (κ1) is 15.5. The monoisotopic (exact) mass is 340 g/mol. The summed E-state index contributed by atoms with van der Waals surface area (Å²) in [5.41, 5.74) is 1.91. The van der Waals surface area contributed by atoms with Crippen LogP contribution in [0.1, 0.15) is 12.5 Å². The van der Waals surface area contributed by atoms with Crippen LogP contribution in [0, 0.1) is 0 Å².